The Morgan fingerprint density at radius 3 is 2.44 bits per heavy atom. The van der Waals surface area contributed by atoms with Crippen molar-refractivity contribution in [2.24, 2.45) is 0 Å². The van der Waals surface area contributed by atoms with Gasteiger partial charge in [-0.1, -0.05) is 38.1 Å². The van der Waals surface area contributed by atoms with E-state index < -0.39 is 11.8 Å². The molecule has 6 nitrogen and oxygen atoms in total. The number of aromatic amines is 1. The molecule has 25 heavy (non-hydrogen) atoms. The summed E-state index contributed by atoms with van der Waals surface area (Å²) < 4.78 is 0. The van der Waals surface area contributed by atoms with Crippen LogP contribution in [0, 0.1) is 0 Å². The Morgan fingerprint density at radius 2 is 1.80 bits per heavy atom. The van der Waals surface area contributed by atoms with Gasteiger partial charge >= 0.3 is 0 Å². The fraction of sp³-hybridized carbons (Fsp3) is 0.167. The lowest BCUT2D eigenvalue weighted by Crippen LogP contribution is -2.41. The lowest BCUT2D eigenvalue weighted by Gasteiger charge is -2.05. The summed E-state index contributed by atoms with van der Waals surface area (Å²) in [5, 5.41) is 2.43. The molecule has 0 aliphatic rings. The molecule has 0 unspecified atom stereocenters. The second-order valence-electron chi connectivity index (χ2n) is 5.81. The molecule has 128 valence electrons. The summed E-state index contributed by atoms with van der Waals surface area (Å²) in [6, 6.07) is 11.5. The molecule has 0 radical (unpaired) electrons. The van der Waals surface area contributed by atoms with E-state index in [2.05, 4.69) is 46.8 Å². The van der Waals surface area contributed by atoms with Crippen LogP contribution in [0.4, 0.5) is 0 Å². The van der Waals surface area contributed by atoms with E-state index in [1.165, 1.54) is 16.9 Å². The van der Waals surface area contributed by atoms with Crippen LogP contribution in [0.3, 0.4) is 0 Å². The number of hydrogen-bond donors (Lipinski definition) is 3. The van der Waals surface area contributed by atoms with Gasteiger partial charge in [0.2, 0.25) is 0 Å². The fourth-order valence-corrected chi connectivity index (χ4v) is 3.04. The molecule has 0 saturated heterocycles. The first-order valence-electron chi connectivity index (χ1n) is 7.84. The Balaban J connectivity index is 1.64. The van der Waals surface area contributed by atoms with E-state index in [0.29, 0.717) is 11.6 Å². The lowest BCUT2D eigenvalue weighted by molar-refractivity contribution is 0.0842. The van der Waals surface area contributed by atoms with Gasteiger partial charge in [-0.2, -0.15) is 0 Å². The Morgan fingerprint density at radius 1 is 1.08 bits per heavy atom. The predicted molar refractivity (Wildman–Crippen MR) is 97.4 cm³/mol. The van der Waals surface area contributed by atoms with Crippen LogP contribution in [0.25, 0.3) is 10.6 Å². The predicted octanol–water partition coefficient (Wildman–Crippen LogP) is 3.34. The Bertz CT molecular complexity index is 867. The number of nitrogens with zero attached hydrogens (tertiary/aromatic N) is 1. The van der Waals surface area contributed by atoms with Crippen molar-refractivity contribution in [1.82, 2.24) is 20.8 Å². The highest BCUT2D eigenvalue weighted by Gasteiger charge is 2.14. The topological polar surface area (TPSA) is 86.9 Å². The minimum atomic E-state index is -0.457. The summed E-state index contributed by atoms with van der Waals surface area (Å²) in [6.07, 6.45) is 1.63. The lowest BCUT2D eigenvalue weighted by atomic mass is 10.0. The van der Waals surface area contributed by atoms with E-state index in [9.17, 15) is 9.59 Å². The Labute approximate surface area is 149 Å². The first-order chi connectivity index (χ1) is 12.0. The third-order valence-electron chi connectivity index (χ3n) is 3.69. The SMILES string of the molecule is CC(C)c1ccc(-c2nc(C(=O)NNC(=O)c3ccc[nH]3)cs2)cc1. The zero-order valence-corrected chi connectivity index (χ0v) is 14.7. The van der Waals surface area contributed by atoms with E-state index >= 15 is 0 Å². The van der Waals surface area contributed by atoms with Crippen molar-refractivity contribution in [1.29, 1.82) is 0 Å². The number of carbonyl (C=O) groups is 2. The maximum absolute atomic E-state index is 12.1. The van der Waals surface area contributed by atoms with Gasteiger partial charge in [-0.25, -0.2) is 4.98 Å². The van der Waals surface area contributed by atoms with Crippen LogP contribution in [0.15, 0.2) is 48.0 Å². The Kier molecular flexibility index (Phi) is 4.95. The van der Waals surface area contributed by atoms with Gasteiger partial charge in [0.05, 0.1) is 0 Å². The molecule has 2 heterocycles. The van der Waals surface area contributed by atoms with Crippen molar-refractivity contribution >= 4 is 23.2 Å². The van der Waals surface area contributed by atoms with Gasteiger partial charge in [-0.3, -0.25) is 20.4 Å². The number of thiazole rings is 1. The highest BCUT2D eigenvalue weighted by molar-refractivity contribution is 7.13. The quantitative estimate of drug-likeness (QED) is 0.628. The summed E-state index contributed by atoms with van der Waals surface area (Å²) in [4.78, 5) is 31.0. The van der Waals surface area contributed by atoms with Crippen molar-refractivity contribution in [3.8, 4) is 10.6 Å². The highest BCUT2D eigenvalue weighted by atomic mass is 32.1. The zero-order chi connectivity index (χ0) is 17.8. The van der Waals surface area contributed by atoms with Gasteiger partial charge in [0.15, 0.2) is 0 Å². The van der Waals surface area contributed by atoms with Gasteiger partial charge in [-0.15, -0.1) is 11.3 Å². The van der Waals surface area contributed by atoms with Crippen molar-refractivity contribution in [3.63, 3.8) is 0 Å². The number of H-pyrrole nitrogens is 1. The molecule has 2 aromatic heterocycles. The second-order valence-corrected chi connectivity index (χ2v) is 6.66. The molecule has 3 aromatic rings. The summed E-state index contributed by atoms with van der Waals surface area (Å²) >= 11 is 1.39. The van der Waals surface area contributed by atoms with Crippen LogP contribution >= 0.6 is 11.3 Å². The molecule has 2 amide bonds. The summed E-state index contributed by atoms with van der Waals surface area (Å²) in [5.41, 5.74) is 7.55. The number of aromatic nitrogens is 2. The second kappa shape index (κ2) is 7.31. The van der Waals surface area contributed by atoms with Gasteiger partial charge in [0.25, 0.3) is 11.8 Å². The number of carbonyl (C=O) groups excluding carboxylic acids is 2. The van der Waals surface area contributed by atoms with Gasteiger partial charge < -0.3 is 4.98 Å². The number of rotatable bonds is 4. The highest BCUT2D eigenvalue weighted by Crippen LogP contribution is 2.25. The first kappa shape index (κ1) is 16.9. The van der Waals surface area contributed by atoms with E-state index in [0.717, 1.165) is 10.6 Å². The third kappa shape index (κ3) is 3.95. The molecule has 0 atom stereocenters. The average Bonchev–Trinajstić information content (AvgIpc) is 3.31. The molecule has 0 saturated carbocycles. The monoisotopic (exact) mass is 354 g/mol. The molecule has 1 aromatic carbocycles. The number of hydrazine groups is 1. The third-order valence-corrected chi connectivity index (χ3v) is 4.58. The number of benzene rings is 1. The minimum absolute atomic E-state index is 0.264. The molecular weight excluding hydrogens is 336 g/mol. The van der Waals surface area contributed by atoms with Crippen LogP contribution in [0.5, 0.6) is 0 Å². The van der Waals surface area contributed by atoms with Crippen molar-refractivity contribution < 1.29 is 9.59 Å². The van der Waals surface area contributed by atoms with Crippen LogP contribution < -0.4 is 10.9 Å². The summed E-state index contributed by atoms with van der Waals surface area (Å²) in [6.45, 7) is 4.28. The number of nitrogens with one attached hydrogen (secondary N) is 3. The van der Waals surface area contributed by atoms with Crippen LogP contribution in [-0.4, -0.2) is 21.8 Å². The van der Waals surface area contributed by atoms with E-state index in [1.54, 1.807) is 23.7 Å². The number of amides is 2. The maximum atomic E-state index is 12.1. The zero-order valence-electron chi connectivity index (χ0n) is 13.9. The molecule has 0 aliphatic carbocycles. The van der Waals surface area contributed by atoms with Crippen molar-refractivity contribution in [2.75, 3.05) is 0 Å². The van der Waals surface area contributed by atoms with E-state index in [1.807, 2.05) is 12.1 Å². The van der Waals surface area contributed by atoms with Crippen molar-refractivity contribution in [3.05, 3.63) is 64.9 Å². The smallest absolute Gasteiger partial charge is 0.289 e. The fourth-order valence-electron chi connectivity index (χ4n) is 2.24. The van der Waals surface area contributed by atoms with Crippen LogP contribution in [0.1, 0.15) is 46.3 Å². The van der Waals surface area contributed by atoms with E-state index in [-0.39, 0.29) is 5.69 Å². The minimum Gasteiger partial charge on any atom is -0.357 e. The van der Waals surface area contributed by atoms with Gasteiger partial charge in [-0.05, 0) is 23.6 Å². The average molecular weight is 354 g/mol. The maximum Gasteiger partial charge on any atom is 0.289 e. The molecule has 3 rings (SSSR count). The van der Waals surface area contributed by atoms with Gasteiger partial charge in [0, 0.05) is 17.1 Å². The van der Waals surface area contributed by atoms with Crippen LogP contribution in [-0.2, 0) is 0 Å². The van der Waals surface area contributed by atoms with Gasteiger partial charge in [0.1, 0.15) is 16.4 Å². The molecule has 0 spiro atoms. The Hall–Kier alpha value is -2.93. The standard InChI is InChI=1S/C18H18N4O2S/c1-11(2)12-5-7-13(8-6-12)18-20-15(10-25-18)17(24)22-21-16(23)14-4-3-9-19-14/h3-11,19H,1-2H3,(H,21,23)(H,22,24). The molecule has 0 bridgehead atoms. The first-order valence-corrected chi connectivity index (χ1v) is 8.72. The molecule has 0 fully saturated rings. The molecular formula is C18H18N4O2S. The molecule has 3 N–H and O–H groups in total. The molecule has 7 heteroatoms. The largest absolute Gasteiger partial charge is 0.357 e. The molecule has 0 aliphatic heterocycles. The van der Waals surface area contributed by atoms with E-state index in [4.69, 9.17) is 0 Å². The van der Waals surface area contributed by atoms with Crippen LogP contribution in [0.2, 0.25) is 0 Å². The normalized spacial score (nSPS) is 10.7. The summed E-state index contributed by atoms with van der Waals surface area (Å²) in [5.74, 6) is -0.408. The summed E-state index contributed by atoms with van der Waals surface area (Å²) in [7, 11) is 0. The van der Waals surface area contributed by atoms with Crippen molar-refractivity contribution in [2.45, 2.75) is 19.8 Å². The number of hydrogen-bond acceptors (Lipinski definition) is 4.